The van der Waals surface area contributed by atoms with Crippen LogP contribution in [-0.4, -0.2) is 47.1 Å². The highest BCUT2D eigenvalue weighted by Crippen LogP contribution is 2.24. The van der Waals surface area contributed by atoms with Gasteiger partial charge in [0.15, 0.2) is 0 Å². The van der Waals surface area contributed by atoms with E-state index in [2.05, 4.69) is 9.88 Å². The fourth-order valence-corrected chi connectivity index (χ4v) is 3.77. The van der Waals surface area contributed by atoms with Crippen molar-refractivity contribution in [3.63, 3.8) is 0 Å². The molecule has 3 heterocycles. The summed E-state index contributed by atoms with van der Waals surface area (Å²) in [5.74, 6) is 1.01. The second-order valence-electron chi connectivity index (χ2n) is 7.76. The van der Waals surface area contributed by atoms with E-state index in [1.807, 2.05) is 37.4 Å². The van der Waals surface area contributed by atoms with Crippen molar-refractivity contribution in [3.05, 3.63) is 71.4 Å². The lowest BCUT2D eigenvalue weighted by molar-refractivity contribution is -0.0124. The Morgan fingerprint density at radius 1 is 1.26 bits per heavy atom. The smallest absolute Gasteiger partial charge is 0.337 e. The normalized spacial score (nSPS) is 16.9. The van der Waals surface area contributed by atoms with Crippen LogP contribution in [0.5, 0.6) is 0 Å². The lowest BCUT2D eigenvalue weighted by Gasteiger charge is -2.32. The first-order valence-electron chi connectivity index (χ1n) is 10.5. The van der Waals surface area contributed by atoms with E-state index in [9.17, 15) is 4.79 Å². The van der Waals surface area contributed by atoms with Gasteiger partial charge in [-0.3, -0.25) is 9.88 Å². The van der Waals surface area contributed by atoms with Gasteiger partial charge in [0, 0.05) is 31.0 Å². The number of carbonyl (C=O) groups is 1. The molecule has 162 valence electrons. The molecule has 0 radical (unpaired) electrons. The quantitative estimate of drug-likeness (QED) is 0.533. The number of nitrogens with zero attached hydrogens (tertiary/aromatic N) is 3. The lowest BCUT2D eigenvalue weighted by atomic mass is 10.1. The number of methoxy groups -OCH3 is 1. The van der Waals surface area contributed by atoms with Crippen LogP contribution in [-0.2, 0) is 22.6 Å². The van der Waals surface area contributed by atoms with Crippen molar-refractivity contribution in [2.45, 2.75) is 39.0 Å². The molecule has 0 bridgehead atoms. The van der Waals surface area contributed by atoms with Crippen molar-refractivity contribution < 1.29 is 18.7 Å². The average Bonchev–Trinajstić information content (AvgIpc) is 3.18. The first-order chi connectivity index (χ1) is 15.1. The molecular weight excluding hydrogens is 394 g/mol. The highest BCUT2D eigenvalue weighted by molar-refractivity contribution is 5.89. The minimum Gasteiger partial charge on any atom is -0.465 e. The van der Waals surface area contributed by atoms with Crippen LogP contribution >= 0.6 is 0 Å². The molecule has 0 saturated carbocycles. The highest BCUT2D eigenvalue weighted by Gasteiger charge is 2.23. The number of rotatable bonds is 7. The van der Waals surface area contributed by atoms with E-state index in [-0.39, 0.29) is 12.1 Å². The van der Waals surface area contributed by atoms with Crippen molar-refractivity contribution in [2.75, 3.05) is 20.2 Å². The number of benzene rings is 1. The van der Waals surface area contributed by atoms with Crippen LogP contribution in [0, 0.1) is 6.92 Å². The van der Waals surface area contributed by atoms with Crippen molar-refractivity contribution in [1.82, 2.24) is 14.9 Å². The van der Waals surface area contributed by atoms with E-state index >= 15 is 0 Å². The number of oxazole rings is 1. The first-order valence-corrected chi connectivity index (χ1v) is 10.5. The SMILES string of the molecule is COC(=O)c1ccc(-c2nc(CN3CCCC(OCc4cccnc4)C3)c(C)o2)cc1. The summed E-state index contributed by atoms with van der Waals surface area (Å²) in [6, 6.07) is 11.0. The van der Waals surface area contributed by atoms with Crippen molar-refractivity contribution in [3.8, 4) is 11.5 Å². The predicted octanol–water partition coefficient (Wildman–Crippen LogP) is 4.01. The number of ether oxygens (including phenoxy) is 2. The number of aryl methyl sites for hydroxylation is 1. The van der Waals surface area contributed by atoms with E-state index in [1.54, 1.807) is 18.3 Å². The Labute approximate surface area is 182 Å². The number of likely N-dealkylation sites (tertiary alicyclic amines) is 1. The second kappa shape index (κ2) is 9.85. The second-order valence-corrected chi connectivity index (χ2v) is 7.76. The Morgan fingerprint density at radius 2 is 2.10 bits per heavy atom. The minimum atomic E-state index is -0.360. The number of piperidine rings is 1. The Balaban J connectivity index is 1.37. The summed E-state index contributed by atoms with van der Waals surface area (Å²) in [5.41, 5.74) is 3.36. The number of aromatic nitrogens is 2. The van der Waals surface area contributed by atoms with Crippen LogP contribution in [0.1, 0.15) is 40.2 Å². The van der Waals surface area contributed by atoms with Gasteiger partial charge in [-0.25, -0.2) is 9.78 Å². The highest BCUT2D eigenvalue weighted by atomic mass is 16.5. The summed E-state index contributed by atoms with van der Waals surface area (Å²) in [4.78, 5) is 22.8. The third kappa shape index (κ3) is 5.37. The van der Waals surface area contributed by atoms with Crippen LogP contribution in [0.15, 0.2) is 53.2 Å². The maximum absolute atomic E-state index is 11.6. The van der Waals surface area contributed by atoms with E-state index in [0.717, 1.165) is 55.1 Å². The minimum absolute atomic E-state index is 0.200. The van der Waals surface area contributed by atoms with Crippen LogP contribution < -0.4 is 0 Å². The van der Waals surface area contributed by atoms with E-state index in [0.29, 0.717) is 18.1 Å². The fourth-order valence-electron chi connectivity index (χ4n) is 3.77. The number of hydrogen-bond acceptors (Lipinski definition) is 7. The maximum Gasteiger partial charge on any atom is 0.337 e. The van der Waals surface area contributed by atoms with Gasteiger partial charge in [-0.2, -0.15) is 0 Å². The molecule has 1 unspecified atom stereocenters. The summed E-state index contributed by atoms with van der Waals surface area (Å²) in [5, 5.41) is 0. The van der Waals surface area contributed by atoms with Gasteiger partial charge < -0.3 is 13.9 Å². The van der Waals surface area contributed by atoms with Crippen LogP contribution in [0.3, 0.4) is 0 Å². The van der Waals surface area contributed by atoms with E-state index in [4.69, 9.17) is 18.9 Å². The summed E-state index contributed by atoms with van der Waals surface area (Å²) in [6.07, 6.45) is 5.97. The number of hydrogen-bond donors (Lipinski definition) is 0. The Kier molecular flexibility index (Phi) is 6.74. The summed E-state index contributed by atoms with van der Waals surface area (Å²) in [6.45, 7) is 5.14. The average molecular weight is 421 g/mol. The molecule has 4 rings (SSSR count). The van der Waals surface area contributed by atoms with Crippen molar-refractivity contribution in [2.24, 2.45) is 0 Å². The van der Waals surface area contributed by atoms with Crippen LogP contribution in [0.25, 0.3) is 11.5 Å². The Bertz CT molecular complexity index is 1000. The number of pyridine rings is 1. The molecular formula is C24H27N3O4. The van der Waals surface area contributed by atoms with E-state index < -0.39 is 0 Å². The third-order valence-electron chi connectivity index (χ3n) is 5.49. The molecule has 31 heavy (non-hydrogen) atoms. The standard InChI is InChI=1S/C24H27N3O4/c1-17-22(26-23(31-17)19-7-9-20(10-8-19)24(28)29-2)15-27-12-4-6-21(14-27)30-16-18-5-3-11-25-13-18/h3,5,7-11,13,21H,4,6,12,14-16H2,1-2H3. The molecule has 1 aromatic carbocycles. The molecule has 0 spiro atoms. The molecule has 1 saturated heterocycles. The van der Waals surface area contributed by atoms with Gasteiger partial charge in [-0.15, -0.1) is 0 Å². The third-order valence-corrected chi connectivity index (χ3v) is 5.49. The summed E-state index contributed by atoms with van der Waals surface area (Å²) >= 11 is 0. The van der Waals surface area contributed by atoms with Gasteiger partial charge in [-0.1, -0.05) is 6.07 Å². The zero-order valence-electron chi connectivity index (χ0n) is 17.9. The lowest BCUT2D eigenvalue weighted by Crippen LogP contribution is -2.39. The summed E-state index contributed by atoms with van der Waals surface area (Å²) < 4.78 is 16.8. The fraction of sp³-hybridized carbons (Fsp3) is 0.375. The van der Waals surface area contributed by atoms with Gasteiger partial charge in [-0.05, 0) is 62.2 Å². The molecule has 7 heteroatoms. The summed E-state index contributed by atoms with van der Waals surface area (Å²) in [7, 11) is 1.37. The predicted molar refractivity (Wildman–Crippen MR) is 115 cm³/mol. The molecule has 2 aromatic heterocycles. The zero-order valence-corrected chi connectivity index (χ0v) is 17.9. The Morgan fingerprint density at radius 3 is 2.84 bits per heavy atom. The molecule has 1 aliphatic rings. The van der Waals surface area contributed by atoms with Gasteiger partial charge in [0.05, 0.1) is 31.1 Å². The van der Waals surface area contributed by atoms with Gasteiger partial charge in [0.2, 0.25) is 5.89 Å². The maximum atomic E-state index is 11.6. The Hall–Kier alpha value is -3.03. The molecule has 0 amide bonds. The molecule has 1 aliphatic heterocycles. The largest absolute Gasteiger partial charge is 0.465 e. The van der Waals surface area contributed by atoms with Gasteiger partial charge in [0.25, 0.3) is 0 Å². The van der Waals surface area contributed by atoms with E-state index in [1.165, 1.54) is 7.11 Å². The molecule has 3 aromatic rings. The van der Waals surface area contributed by atoms with Gasteiger partial charge in [0.1, 0.15) is 5.76 Å². The first kappa shape index (κ1) is 21.2. The van der Waals surface area contributed by atoms with Crippen LogP contribution in [0.4, 0.5) is 0 Å². The molecule has 1 atom stereocenters. The number of carbonyl (C=O) groups excluding carboxylic acids is 1. The molecule has 0 aliphatic carbocycles. The topological polar surface area (TPSA) is 77.7 Å². The van der Waals surface area contributed by atoms with Crippen molar-refractivity contribution >= 4 is 5.97 Å². The monoisotopic (exact) mass is 421 g/mol. The number of esters is 1. The van der Waals surface area contributed by atoms with Crippen LogP contribution in [0.2, 0.25) is 0 Å². The van der Waals surface area contributed by atoms with Gasteiger partial charge >= 0.3 is 5.97 Å². The van der Waals surface area contributed by atoms with Crippen molar-refractivity contribution in [1.29, 1.82) is 0 Å². The molecule has 0 N–H and O–H groups in total. The molecule has 1 fully saturated rings. The zero-order chi connectivity index (χ0) is 21.6. The molecule has 7 nitrogen and oxygen atoms in total.